The van der Waals surface area contributed by atoms with Gasteiger partial charge in [-0.25, -0.2) is 0 Å². The number of hydrogen-bond donors (Lipinski definition) is 1. The van der Waals surface area contributed by atoms with Crippen LogP contribution in [0.2, 0.25) is 0 Å². The Morgan fingerprint density at radius 3 is 2.74 bits per heavy atom. The van der Waals surface area contributed by atoms with E-state index in [2.05, 4.69) is 24.3 Å². The molecule has 0 spiro atoms. The molecule has 0 heterocycles. The molecule has 0 radical (unpaired) electrons. The molecule has 98 valence electrons. The fourth-order valence-electron chi connectivity index (χ4n) is 2.72. The molecule has 2 aromatic rings. The normalized spacial score (nSPS) is 17.8. The first kappa shape index (κ1) is 12.2. The number of nitrogens with two attached hydrogens (primary N) is 1. The van der Waals surface area contributed by atoms with E-state index in [1.54, 1.807) is 0 Å². The molecular weight excluding hydrogens is 234 g/mol. The van der Waals surface area contributed by atoms with Gasteiger partial charge in [-0.1, -0.05) is 42.5 Å². The van der Waals surface area contributed by atoms with E-state index < -0.39 is 0 Å². The average molecular weight is 253 g/mol. The highest BCUT2D eigenvalue weighted by atomic mass is 16.5. The molecule has 1 aliphatic rings. The zero-order valence-corrected chi connectivity index (χ0v) is 11.0. The van der Waals surface area contributed by atoms with E-state index in [1.165, 1.54) is 16.7 Å². The van der Waals surface area contributed by atoms with Crippen molar-refractivity contribution in [2.45, 2.75) is 31.9 Å². The highest BCUT2D eigenvalue weighted by Crippen LogP contribution is 2.34. The fraction of sp³-hybridized carbons (Fsp3) is 0.294. The molecule has 1 unspecified atom stereocenters. The molecule has 1 atom stereocenters. The Bertz CT molecular complexity index is 550. The lowest BCUT2D eigenvalue weighted by Gasteiger charge is -2.24. The van der Waals surface area contributed by atoms with Crippen molar-refractivity contribution in [2.24, 2.45) is 5.73 Å². The second-order valence-corrected chi connectivity index (χ2v) is 5.10. The molecule has 0 saturated heterocycles. The lowest BCUT2D eigenvalue weighted by atomic mass is 9.87. The molecule has 2 nitrogen and oxygen atoms in total. The maximum absolute atomic E-state index is 6.17. The van der Waals surface area contributed by atoms with Crippen LogP contribution in [0.15, 0.2) is 48.5 Å². The van der Waals surface area contributed by atoms with Gasteiger partial charge in [0.05, 0.1) is 0 Å². The van der Waals surface area contributed by atoms with Gasteiger partial charge in [-0.3, -0.25) is 0 Å². The van der Waals surface area contributed by atoms with Crippen LogP contribution in [0.4, 0.5) is 0 Å². The second-order valence-electron chi connectivity index (χ2n) is 5.10. The Labute approximate surface area is 114 Å². The van der Waals surface area contributed by atoms with Crippen molar-refractivity contribution in [1.29, 1.82) is 0 Å². The van der Waals surface area contributed by atoms with Crippen LogP contribution in [0.5, 0.6) is 5.75 Å². The van der Waals surface area contributed by atoms with E-state index in [4.69, 9.17) is 10.5 Å². The molecule has 0 fully saturated rings. The maximum Gasteiger partial charge on any atom is 0.123 e. The number of fused-ring (bicyclic) bond motifs is 1. The van der Waals surface area contributed by atoms with Gasteiger partial charge in [-0.15, -0.1) is 0 Å². The molecule has 2 aromatic carbocycles. The summed E-state index contributed by atoms with van der Waals surface area (Å²) in [5.41, 5.74) is 9.93. The van der Waals surface area contributed by atoms with Crippen LogP contribution in [-0.2, 0) is 13.0 Å². The predicted octanol–water partition coefficient (Wildman–Crippen LogP) is 3.60. The van der Waals surface area contributed by atoms with Gasteiger partial charge in [-0.05, 0) is 42.0 Å². The van der Waals surface area contributed by atoms with Gasteiger partial charge in [0, 0.05) is 6.04 Å². The summed E-state index contributed by atoms with van der Waals surface area (Å²) in [7, 11) is 0. The maximum atomic E-state index is 6.17. The summed E-state index contributed by atoms with van der Waals surface area (Å²) >= 11 is 0. The standard InChI is InChI=1S/C17H19NO/c18-16-10-4-9-15-14(16)8-5-11-17(15)19-12-13-6-2-1-3-7-13/h1-3,5-8,11,16H,4,9-10,12,18H2. The van der Waals surface area contributed by atoms with Crippen LogP contribution in [0.3, 0.4) is 0 Å². The molecule has 19 heavy (non-hydrogen) atoms. The van der Waals surface area contributed by atoms with E-state index in [0.29, 0.717) is 6.61 Å². The number of ether oxygens (including phenoxy) is 1. The zero-order valence-electron chi connectivity index (χ0n) is 11.0. The van der Waals surface area contributed by atoms with Gasteiger partial charge in [0.25, 0.3) is 0 Å². The molecule has 0 aliphatic heterocycles. The van der Waals surface area contributed by atoms with E-state index in [0.717, 1.165) is 25.0 Å². The molecule has 1 aliphatic carbocycles. The van der Waals surface area contributed by atoms with Crippen molar-refractivity contribution in [3.63, 3.8) is 0 Å². The van der Waals surface area contributed by atoms with Gasteiger partial charge < -0.3 is 10.5 Å². The Kier molecular flexibility index (Phi) is 3.51. The zero-order chi connectivity index (χ0) is 13.1. The third-order valence-electron chi connectivity index (χ3n) is 3.75. The van der Waals surface area contributed by atoms with Crippen molar-refractivity contribution >= 4 is 0 Å². The summed E-state index contributed by atoms with van der Waals surface area (Å²) in [4.78, 5) is 0. The van der Waals surface area contributed by atoms with Crippen molar-refractivity contribution in [3.8, 4) is 5.75 Å². The van der Waals surface area contributed by atoms with Crippen LogP contribution in [0.25, 0.3) is 0 Å². The Hall–Kier alpha value is -1.80. The third-order valence-corrected chi connectivity index (χ3v) is 3.75. The first-order valence-corrected chi connectivity index (χ1v) is 6.88. The van der Waals surface area contributed by atoms with Crippen molar-refractivity contribution in [3.05, 3.63) is 65.2 Å². The monoisotopic (exact) mass is 253 g/mol. The smallest absolute Gasteiger partial charge is 0.123 e. The van der Waals surface area contributed by atoms with Gasteiger partial charge in [0.15, 0.2) is 0 Å². The summed E-state index contributed by atoms with van der Waals surface area (Å²) in [6.45, 7) is 0.618. The van der Waals surface area contributed by atoms with Crippen molar-refractivity contribution in [1.82, 2.24) is 0 Å². The molecule has 2 heteroatoms. The summed E-state index contributed by atoms with van der Waals surface area (Å²) in [6, 6.07) is 16.7. The first-order valence-electron chi connectivity index (χ1n) is 6.88. The average Bonchev–Trinajstić information content (AvgIpc) is 2.47. The molecule has 0 bridgehead atoms. The second kappa shape index (κ2) is 5.45. The molecule has 0 aromatic heterocycles. The van der Waals surface area contributed by atoms with Gasteiger partial charge in [0.1, 0.15) is 12.4 Å². The van der Waals surface area contributed by atoms with Crippen LogP contribution >= 0.6 is 0 Å². The van der Waals surface area contributed by atoms with E-state index in [-0.39, 0.29) is 6.04 Å². The summed E-state index contributed by atoms with van der Waals surface area (Å²) in [6.07, 6.45) is 3.31. The Morgan fingerprint density at radius 1 is 1.05 bits per heavy atom. The first-order chi connectivity index (χ1) is 9.34. The topological polar surface area (TPSA) is 35.2 Å². The number of rotatable bonds is 3. The van der Waals surface area contributed by atoms with Crippen molar-refractivity contribution < 1.29 is 4.74 Å². The summed E-state index contributed by atoms with van der Waals surface area (Å²) in [5.74, 6) is 0.997. The molecule has 3 rings (SSSR count). The molecule has 0 saturated carbocycles. The summed E-state index contributed by atoms with van der Waals surface area (Å²) < 4.78 is 5.98. The lowest BCUT2D eigenvalue weighted by Crippen LogP contribution is -2.18. The van der Waals surface area contributed by atoms with Crippen LogP contribution in [0.1, 0.15) is 35.6 Å². The predicted molar refractivity (Wildman–Crippen MR) is 77.1 cm³/mol. The fourth-order valence-corrected chi connectivity index (χ4v) is 2.72. The SMILES string of the molecule is NC1CCCc2c(OCc3ccccc3)cccc21. The molecule has 0 amide bonds. The van der Waals surface area contributed by atoms with E-state index in [9.17, 15) is 0 Å². The van der Waals surface area contributed by atoms with E-state index in [1.807, 2.05) is 24.3 Å². The van der Waals surface area contributed by atoms with Crippen LogP contribution < -0.4 is 10.5 Å². The van der Waals surface area contributed by atoms with Gasteiger partial charge in [0.2, 0.25) is 0 Å². The highest BCUT2D eigenvalue weighted by molar-refractivity contribution is 5.43. The minimum absolute atomic E-state index is 0.170. The molecule has 2 N–H and O–H groups in total. The van der Waals surface area contributed by atoms with Gasteiger partial charge in [-0.2, -0.15) is 0 Å². The Morgan fingerprint density at radius 2 is 1.89 bits per heavy atom. The quantitative estimate of drug-likeness (QED) is 0.907. The Balaban J connectivity index is 1.80. The highest BCUT2D eigenvalue weighted by Gasteiger charge is 2.19. The summed E-state index contributed by atoms with van der Waals surface area (Å²) in [5, 5.41) is 0. The number of benzene rings is 2. The minimum atomic E-state index is 0.170. The lowest BCUT2D eigenvalue weighted by molar-refractivity contribution is 0.300. The van der Waals surface area contributed by atoms with Crippen LogP contribution in [0, 0.1) is 0 Å². The number of hydrogen-bond acceptors (Lipinski definition) is 2. The van der Waals surface area contributed by atoms with Crippen molar-refractivity contribution in [2.75, 3.05) is 0 Å². The van der Waals surface area contributed by atoms with Crippen LogP contribution in [-0.4, -0.2) is 0 Å². The minimum Gasteiger partial charge on any atom is -0.489 e. The third kappa shape index (κ3) is 2.64. The van der Waals surface area contributed by atoms with Gasteiger partial charge >= 0.3 is 0 Å². The van der Waals surface area contributed by atoms with E-state index >= 15 is 0 Å². The molecular formula is C17H19NO. The largest absolute Gasteiger partial charge is 0.489 e.